The van der Waals surface area contributed by atoms with Crippen LogP contribution in [0.3, 0.4) is 0 Å². The van der Waals surface area contributed by atoms with E-state index in [1.807, 2.05) is 30.0 Å². The van der Waals surface area contributed by atoms with Gasteiger partial charge in [-0.3, -0.25) is 4.79 Å². The Labute approximate surface area is 148 Å². The van der Waals surface area contributed by atoms with Gasteiger partial charge in [-0.1, -0.05) is 25.1 Å². The molecule has 1 aliphatic rings. The molecule has 132 valence electrons. The van der Waals surface area contributed by atoms with Crippen molar-refractivity contribution in [2.45, 2.75) is 31.2 Å². The standard InChI is InChI=1S/C19H22N2O3S/c1-3-25(23,24)17-10-8-16(9-11-17)20-13-19(22)21-14(2)12-15-6-4-5-7-18(15)21/h4-11,14,20H,3,12-13H2,1-2H3. The molecular weight excluding hydrogens is 336 g/mol. The number of fused-ring (bicyclic) bond motifs is 1. The van der Waals surface area contributed by atoms with Gasteiger partial charge in [-0.15, -0.1) is 0 Å². The van der Waals surface area contributed by atoms with Crippen LogP contribution in [0.2, 0.25) is 0 Å². The summed E-state index contributed by atoms with van der Waals surface area (Å²) in [5.74, 6) is 0.0764. The number of carbonyl (C=O) groups is 1. The van der Waals surface area contributed by atoms with E-state index >= 15 is 0 Å². The molecule has 2 aromatic carbocycles. The van der Waals surface area contributed by atoms with E-state index in [1.54, 1.807) is 31.2 Å². The van der Waals surface area contributed by atoms with Crippen LogP contribution in [0.1, 0.15) is 19.4 Å². The largest absolute Gasteiger partial charge is 0.376 e. The third-order valence-corrected chi connectivity index (χ3v) is 6.26. The summed E-state index contributed by atoms with van der Waals surface area (Å²) in [6.45, 7) is 3.83. The molecule has 0 saturated carbocycles. The predicted octanol–water partition coefficient (Wildman–Crippen LogP) is 2.87. The molecule has 1 atom stereocenters. The number of hydrogen-bond acceptors (Lipinski definition) is 4. The number of amides is 1. The second-order valence-electron chi connectivity index (χ2n) is 6.23. The molecule has 1 heterocycles. The number of para-hydroxylation sites is 1. The molecule has 0 fully saturated rings. The molecule has 0 aliphatic carbocycles. The van der Waals surface area contributed by atoms with Crippen LogP contribution >= 0.6 is 0 Å². The van der Waals surface area contributed by atoms with Crippen molar-refractivity contribution in [3.8, 4) is 0 Å². The third kappa shape index (κ3) is 3.54. The Bertz CT molecular complexity index is 876. The molecular formula is C19H22N2O3S. The van der Waals surface area contributed by atoms with Crippen LogP contribution < -0.4 is 10.2 Å². The normalized spacial score (nSPS) is 16.6. The molecule has 25 heavy (non-hydrogen) atoms. The highest BCUT2D eigenvalue weighted by Crippen LogP contribution is 2.31. The SMILES string of the molecule is CCS(=O)(=O)c1ccc(NCC(=O)N2c3ccccc3CC2C)cc1. The first-order chi connectivity index (χ1) is 11.9. The van der Waals surface area contributed by atoms with Gasteiger partial charge >= 0.3 is 0 Å². The van der Waals surface area contributed by atoms with Crippen LogP contribution in [-0.2, 0) is 21.1 Å². The molecule has 5 nitrogen and oxygen atoms in total. The van der Waals surface area contributed by atoms with Gasteiger partial charge in [-0.25, -0.2) is 8.42 Å². The van der Waals surface area contributed by atoms with E-state index in [0.717, 1.165) is 17.8 Å². The molecule has 2 aromatic rings. The van der Waals surface area contributed by atoms with Crippen molar-refractivity contribution in [1.82, 2.24) is 0 Å². The topological polar surface area (TPSA) is 66.5 Å². The maximum absolute atomic E-state index is 12.6. The van der Waals surface area contributed by atoms with Crippen LogP contribution in [0.5, 0.6) is 0 Å². The Hall–Kier alpha value is -2.34. The van der Waals surface area contributed by atoms with Gasteiger partial charge in [-0.05, 0) is 49.2 Å². The van der Waals surface area contributed by atoms with E-state index in [4.69, 9.17) is 0 Å². The lowest BCUT2D eigenvalue weighted by molar-refractivity contribution is -0.117. The molecule has 1 N–H and O–H groups in total. The maximum Gasteiger partial charge on any atom is 0.246 e. The Balaban J connectivity index is 1.67. The van der Waals surface area contributed by atoms with Crippen LogP contribution in [0.15, 0.2) is 53.4 Å². The van der Waals surface area contributed by atoms with Gasteiger partial charge in [0.1, 0.15) is 0 Å². The number of carbonyl (C=O) groups excluding carboxylic acids is 1. The molecule has 1 unspecified atom stereocenters. The number of rotatable bonds is 5. The summed E-state index contributed by atoms with van der Waals surface area (Å²) in [6, 6.07) is 14.6. The summed E-state index contributed by atoms with van der Waals surface area (Å²) in [4.78, 5) is 14.8. The van der Waals surface area contributed by atoms with Gasteiger partial charge in [0.15, 0.2) is 9.84 Å². The van der Waals surface area contributed by atoms with Gasteiger partial charge in [0.25, 0.3) is 0 Å². The maximum atomic E-state index is 12.6. The first-order valence-electron chi connectivity index (χ1n) is 8.39. The Morgan fingerprint density at radius 3 is 2.52 bits per heavy atom. The average molecular weight is 358 g/mol. The molecule has 0 spiro atoms. The Morgan fingerprint density at radius 2 is 1.84 bits per heavy atom. The molecule has 3 rings (SSSR count). The van der Waals surface area contributed by atoms with Crippen LogP contribution in [0.25, 0.3) is 0 Å². The third-order valence-electron chi connectivity index (χ3n) is 4.51. The highest BCUT2D eigenvalue weighted by atomic mass is 32.2. The summed E-state index contributed by atoms with van der Waals surface area (Å²) in [7, 11) is -3.20. The fraction of sp³-hybridized carbons (Fsp3) is 0.316. The van der Waals surface area contributed by atoms with Crippen molar-refractivity contribution in [2.24, 2.45) is 0 Å². The zero-order chi connectivity index (χ0) is 18.0. The molecule has 1 amide bonds. The lowest BCUT2D eigenvalue weighted by atomic mass is 10.1. The molecule has 0 saturated heterocycles. The van der Waals surface area contributed by atoms with E-state index in [9.17, 15) is 13.2 Å². The molecule has 0 aromatic heterocycles. The van der Waals surface area contributed by atoms with E-state index < -0.39 is 9.84 Å². The summed E-state index contributed by atoms with van der Waals surface area (Å²) in [5.41, 5.74) is 2.90. The predicted molar refractivity (Wildman–Crippen MR) is 99.8 cm³/mol. The van der Waals surface area contributed by atoms with E-state index in [-0.39, 0.29) is 24.2 Å². The quantitative estimate of drug-likeness (QED) is 0.892. The monoisotopic (exact) mass is 358 g/mol. The van der Waals surface area contributed by atoms with Gasteiger partial charge in [-0.2, -0.15) is 0 Å². The van der Waals surface area contributed by atoms with Crippen molar-refractivity contribution >= 4 is 27.1 Å². The minimum absolute atomic E-state index is 0.00251. The summed E-state index contributed by atoms with van der Waals surface area (Å²) >= 11 is 0. The van der Waals surface area contributed by atoms with Gasteiger partial charge in [0.2, 0.25) is 5.91 Å². The van der Waals surface area contributed by atoms with Crippen molar-refractivity contribution in [3.05, 3.63) is 54.1 Å². The first-order valence-corrected chi connectivity index (χ1v) is 10.0. The van der Waals surface area contributed by atoms with Gasteiger partial charge < -0.3 is 10.2 Å². The van der Waals surface area contributed by atoms with Crippen molar-refractivity contribution < 1.29 is 13.2 Å². The van der Waals surface area contributed by atoms with Crippen molar-refractivity contribution in [2.75, 3.05) is 22.5 Å². The first kappa shape index (κ1) is 17.5. The average Bonchev–Trinajstić information content (AvgIpc) is 2.96. The Kier molecular flexibility index (Phi) is 4.81. The van der Waals surface area contributed by atoms with E-state index in [2.05, 4.69) is 11.4 Å². The number of sulfone groups is 1. The number of benzene rings is 2. The van der Waals surface area contributed by atoms with Gasteiger partial charge in [0, 0.05) is 17.4 Å². The summed E-state index contributed by atoms with van der Waals surface area (Å²) in [6.07, 6.45) is 0.867. The summed E-state index contributed by atoms with van der Waals surface area (Å²) in [5, 5.41) is 3.08. The van der Waals surface area contributed by atoms with Crippen molar-refractivity contribution in [3.63, 3.8) is 0 Å². The van der Waals surface area contributed by atoms with Crippen LogP contribution in [0.4, 0.5) is 11.4 Å². The number of nitrogens with one attached hydrogen (secondary N) is 1. The lowest BCUT2D eigenvalue weighted by Crippen LogP contribution is -2.39. The minimum atomic E-state index is -3.20. The number of nitrogens with zero attached hydrogens (tertiary/aromatic N) is 1. The zero-order valence-corrected chi connectivity index (χ0v) is 15.2. The number of hydrogen-bond donors (Lipinski definition) is 1. The molecule has 0 bridgehead atoms. The molecule has 6 heteroatoms. The lowest BCUT2D eigenvalue weighted by Gasteiger charge is -2.23. The van der Waals surface area contributed by atoms with Crippen LogP contribution in [-0.4, -0.2) is 32.7 Å². The minimum Gasteiger partial charge on any atom is -0.376 e. The zero-order valence-electron chi connectivity index (χ0n) is 14.4. The molecule has 1 aliphatic heterocycles. The van der Waals surface area contributed by atoms with Gasteiger partial charge in [0.05, 0.1) is 17.2 Å². The second kappa shape index (κ2) is 6.88. The molecule has 0 radical (unpaired) electrons. The highest BCUT2D eigenvalue weighted by Gasteiger charge is 2.30. The van der Waals surface area contributed by atoms with Crippen molar-refractivity contribution in [1.29, 1.82) is 0 Å². The highest BCUT2D eigenvalue weighted by molar-refractivity contribution is 7.91. The van der Waals surface area contributed by atoms with Crippen LogP contribution in [0, 0.1) is 0 Å². The fourth-order valence-corrected chi connectivity index (χ4v) is 4.04. The second-order valence-corrected chi connectivity index (χ2v) is 8.51. The fourth-order valence-electron chi connectivity index (χ4n) is 3.16. The van der Waals surface area contributed by atoms with E-state index in [0.29, 0.717) is 4.90 Å². The van der Waals surface area contributed by atoms with E-state index in [1.165, 1.54) is 5.56 Å². The summed E-state index contributed by atoms with van der Waals surface area (Å²) < 4.78 is 23.6. The Morgan fingerprint density at radius 1 is 1.16 bits per heavy atom. The number of anilines is 2. The smallest absolute Gasteiger partial charge is 0.246 e.